The lowest BCUT2D eigenvalue weighted by Crippen LogP contribution is -2.09. The van der Waals surface area contributed by atoms with Crippen molar-refractivity contribution in [3.8, 4) is 0 Å². The number of nitrogens with zero attached hydrogens (tertiary/aromatic N) is 3. The van der Waals surface area contributed by atoms with Gasteiger partial charge in [0.1, 0.15) is 11.3 Å². The van der Waals surface area contributed by atoms with Crippen LogP contribution in [0.3, 0.4) is 0 Å². The number of hydrogen-bond acceptors (Lipinski definition) is 4. The molecule has 0 aliphatic rings. The first kappa shape index (κ1) is 13.3. The maximum atomic E-state index is 10.5. The average Bonchev–Trinajstić information content (AvgIpc) is 3.05. The third-order valence-electron chi connectivity index (χ3n) is 3.15. The monoisotopic (exact) mass is 335 g/mol. The quantitative estimate of drug-likeness (QED) is 0.794. The Labute approximate surface area is 124 Å². The normalized spacial score (nSPS) is 12.9. The molecule has 0 radical (unpaired) electrons. The molecule has 1 aromatic carbocycles. The number of benzene rings is 1. The summed E-state index contributed by atoms with van der Waals surface area (Å²) < 4.78 is 8.32. The summed E-state index contributed by atoms with van der Waals surface area (Å²) in [6.07, 6.45) is 1.63. The summed E-state index contributed by atoms with van der Waals surface area (Å²) in [5, 5.41) is 19.3. The Morgan fingerprint density at radius 2 is 2.30 bits per heavy atom. The summed E-state index contributed by atoms with van der Waals surface area (Å²) >= 11 is 3.44. The number of furan rings is 1. The molecular weight excluding hydrogens is 322 g/mol. The number of aryl methyl sites for hydroxylation is 1. The van der Waals surface area contributed by atoms with Gasteiger partial charge in [-0.25, -0.2) is 4.68 Å². The van der Waals surface area contributed by atoms with E-state index in [4.69, 9.17) is 4.42 Å². The summed E-state index contributed by atoms with van der Waals surface area (Å²) in [6, 6.07) is 7.63. The van der Waals surface area contributed by atoms with Gasteiger partial charge in [-0.15, -0.1) is 5.10 Å². The molecule has 0 fully saturated rings. The smallest absolute Gasteiger partial charge is 0.155 e. The molecule has 20 heavy (non-hydrogen) atoms. The maximum Gasteiger partial charge on any atom is 0.155 e. The second kappa shape index (κ2) is 5.38. The van der Waals surface area contributed by atoms with E-state index in [0.29, 0.717) is 11.5 Å². The van der Waals surface area contributed by atoms with E-state index in [1.807, 2.05) is 24.3 Å². The van der Waals surface area contributed by atoms with Gasteiger partial charge in [-0.2, -0.15) is 0 Å². The number of aliphatic hydroxyl groups excluding tert-OH is 1. The van der Waals surface area contributed by atoms with Gasteiger partial charge in [-0.3, -0.25) is 0 Å². The van der Waals surface area contributed by atoms with E-state index in [1.54, 1.807) is 10.9 Å². The summed E-state index contributed by atoms with van der Waals surface area (Å²) in [7, 11) is 0. The molecule has 1 atom stereocenters. The van der Waals surface area contributed by atoms with E-state index in [9.17, 15) is 5.11 Å². The first-order chi connectivity index (χ1) is 9.70. The zero-order valence-corrected chi connectivity index (χ0v) is 12.5. The molecule has 0 saturated heterocycles. The predicted octanol–water partition coefficient (Wildman–Crippen LogP) is 3.28. The SMILES string of the molecule is CCCn1nncc1C(O)c1cc2cccc(Br)c2o1. The van der Waals surface area contributed by atoms with Crippen LogP contribution in [0.15, 0.2) is 39.4 Å². The van der Waals surface area contributed by atoms with Crippen LogP contribution in [0, 0.1) is 0 Å². The molecule has 0 spiro atoms. The number of para-hydroxylation sites is 1. The van der Waals surface area contributed by atoms with Crippen LogP contribution in [-0.2, 0) is 6.54 Å². The summed E-state index contributed by atoms with van der Waals surface area (Å²) in [4.78, 5) is 0. The Balaban J connectivity index is 2.01. The van der Waals surface area contributed by atoms with Gasteiger partial charge in [0.05, 0.1) is 16.4 Å². The fourth-order valence-corrected chi connectivity index (χ4v) is 2.65. The largest absolute Gasteiger partial charge is 0.457 e. The minimum Gasteiger partial charge on any atom is -0.457 e. The van der Waals surface area contributed by atoms with Crippen molar-refractivity contribution in [1.29, 1.82) is 0 Å². The minimum absolute atomic E-state index is 0.492. The van der Waals surface area contributed by atoms with Gasteiger partial charge < -0.3 is 9.52 Å². The van der Waals surface area contributed by atoms with E-state index < -0.39 is 6.10 Å². The van der Waals surface area contributed by atoms with Crippen LogP contribution in [0.25, 0.3) is 11.0 Å². The Bertz CT molecular complexity index is 735. The second-order valence-electron chi connectivity index (χ2n) is 4.59. The highest BCUT2D eigenvalue weighted by atomic mass is 79.9. The third kappa shape index (κ3) is 2.25. The Hall–Kier alpha value is -1.66. The molecule has 3 rings (SSSR count). The number of aromatic nitrogens is 3. The Morgan fingerprint density at radius 3 is 3.05 bits per heavy atom. The van der Waals surface area contributed by atoms with E-state index in [0.717, 1.165) is 28.4 Å². The van der Waals surface area contributed by atoms with Crippen LogP contribution in [0.2, 0.25) is 0 Å². The van der Waals surface area contributed by atoms with Crippen molar-refractivity contribution < 1.29 is 9.52 Å². The molecule has 0 aliphatic heterocycles. The fraction of sp³-hybridized carbons (Fsp3) is 0.286. The Kier molecular flexibility index (Phi) is 3.58. The highest BCUT2D eigenvalue weighted by Gasteiger charge is 2.20. The number of fused-ring (bicyclic) bond motifs is 1. The lowest BCUT2D eigenvalue weighted by atomic mass is 10.2. The molecule has 104 valence electrons. The molecule has 3 aromatic rings. The van der Waals surface area contributed by atoms with Crippen molar-refractivity contribution in [2.45, 2.75) is 26.0 Å². The van der Waals surface area contributed by atoms with Gasteiger partial charge in [-0.1, -0.05) is 24.3 Å². The van der Waals surface area contributed by atoms with Crippen LogP contribution < -0.4 is 0 Å². The predicted molar refractivity (Wildman–Crippen MR) is 78.3 cm³/mol. The van der Waals surface area contributed by atoms with E-state index >= 15 is 0 Å². The van der Waals surface area contributed by atoms with Gasteiger partial charge in [-0.05, 0) is 34.5 Å². The lowest BCUT2D eigenvalue weighted by Gasteiger charge is -2.09. The van der Waals surface area contributed by atoms with E-state index in [-0.39, 0.29) is 0 Å². The number of aliphatic hydroxyl groups is 1. The molecule has 2 heterocycles. The zero-order chi connectivity index (χ0) is 14.1. The first-order valence-corrected chi connectivity index (χ1v) is 7.24. The highest BCUT2D eigenvalue weighted by molar-refractivity contribution is 9.10. The van der Waals surface area contributed by atoms with Crippen molar-refractivity contribution >= 4 is 26.9 Å². The van der Waals surface area contributed by atoms with Crippen LogP contribution in [-0.4, -0.2) is 20.1 Å². The van der Waals surface area contributed by atoms with Crippen molar-refractivity contribution in [2.24, 2.45) is 0 Å². The molecule has 6 heteroatoms. The van der Waals surface area contributed by atoms with E-state index in [2.05, 4.69) is 33.2 Å². The number of rotatable bonds is 4. The second-order valence-corrected chi connectivity index (χ2v) is 5.45. The molecule has 1 unspecified atom stereocenters. The fourth-order valence-electron chi connectivity index (χ4n) is 2.19. The molecular formula is C14H14BrN3O2. The third-order valence-corrected chi connectivity index (χ3v) is 3.77. The van der Waals surface area contributed by atoms with Crippen LogP contribution in [0.5, 0.6) is 0 Å². The van der Waals surface area contributed by atoms with Crippen LogP contribution in [0.1, 0.15) is 30.9 Å². The molecule has 0 aliphatic carbocycles. The lowest BCUT2D eigenvalue weighted by molar-refractivity contribution is 0.180. The van der Waals surface area contributed by atoms with E-state index in [1.165, 1.54) is 0 Å². The Morgan fingerprint density at radius 1 is 1.45 bits per heavy atom. The van der Waals surface area contributed by atoms with Crippen molar-refractivity contribution in [3.63, 3.8) is 0 Å². The molecule has 0 amide bonds. The molecule has 5 nitrogen and oxygen atoms in total. The summed E-state index contributed by atoms with van der Waals surface area (Å²) in [5.74, 6) is 0.492. The highest BCUT2D eigenvalue weighted by Crippen LogP contribution is 2.31. The molecule has 0 saturated carbocycles. The van der Waals surface area contributed by atoms with Crippen molar-refractivity contribution in [1.82, 2.24) is 15.0 Å². The minimum atomic E-state index is -0.865. The summed E-state index contributed by atoms with van der Waals surface area (Å²) in [5.41, 5.74) is 1.37. The van der Waals surface area contributed by atoms with Gasteiger partial charge in [0.2, 0.25) is 0 Å². The molecule has 2 aromatic heterocycles. The van der Waals surface area contributed by atoms with Crippen LogP contribution in [0.4, 0.5) is 0 Å². The first-order valence-electron chi connectivity index (χ1n) is 6.45. The van der Waals surface area contributed by atoms with Gasteiger partial charge in [0.25, 0.3) is 0 Å². The topological polar surface area (TPSA) is 64.1 Å². The maximum absolute atomic E-state index is 10.5. The number of halogens is 1. The standard InChI is InChI=1S/C14H14BrN3O2/c1-2-6-18-11(8-16-17-18)13(19)12-7-9-4-3-5-10(15)14(9)20-12/h3-5,7-8,13,19H,2,6H2,1H3. The molecule has 0 bridgehead atoms. The average molecular weight is 336 g/mol. The van der Waals surface area contributed by atoms with Gasteiger partial charge >= 0.3 is 0 Å². The number of hydrogen-bond donors (Lipinski definition) is 1. The van der Waals surface area contributed by atoms with Gasteiger partial charge in [0.15, 0.2) is 6.10 Å². The van der Waals surface area contributed by atoms with Crippen molar-refractivity contribution in [3.05, 3.63) is 46.4 Å². The molecule has 1 N–H and O–H groups in total. The van der Waals surface area contributed by atoms with Crippen molar-refractivity contribution in [2.75, 3.05) is 0 Å². The van der Waals surface area contributed by atoms with Gasteiger partial charge in [0, 0.05) is 11.9 Å². The van der Waals surface area contributed by atoms with Crippen LogP contribution >= 0.6 is 15.9 Å². The zero-order valence-electron chi connectivity index (χ0n) is 11.0. The summed E-state index contributed by atoms with van der Waals surface area (Å²) in [6.45, 7) is 2.77.